The zero-order chi connectivity index (χ0) is 11.3. The minimum atomic E-state index is -3.26. The molecule has 1 rings (SSSR count). The minimum Gasteiger partial charge on any atom is -0.352 e. The van der Waals surface area contributed by atoms with Crippen molar-refractivity contribution in [1.82, 2.24) is 10.0 Å². The lowest BCUT2D eigenvalue weighted by Crippen LogP contribution is -2.41. The van der Waals surface area contributed by atoms with E-state index in [2.05, 4.69) is 10.0 Å². The van der Waals surface area contributed by atoms with Gasteiger partial charge in [0.1, 0.15) is 0 Å². The second-order valence-electron chi connectivity index (χ2n) is 3.77. The first-order chi connectivity index (χ1) is 7.03. The lowest BCUT2D eigenvalue weighted by atomic mass is 10.2. The van der Waals surface area contributed by atoms with Crippen molar-refractivity contribution < 1.29 is 13.2 Å². The van der Waals surface area contributed by atoms with Crippen LogP contribution >= 0.6 is 0 Å². The quantitative estimate of drug-likeness (QED) is 0.702. The molecule has 1 fully saturated rings. The van der Waals surface area contributed by atoms with Gasteiger partial charge in [-0.15, -0.1) is 0 Å². The van der Waals surface area contributed by atoms with Gasteiger partial charge in [-0.25, -0.2) is 13.1 Å². The number of amides is 1. The number of hydrogen-bond donors (Lipinski definition) is 2. The highest BCUT2D eigenvalue weighted by Crippen LogP contribution is 2.17. The number of sulfonamides is 1. The Hall–Kier alpha value is -0.620. The number of hydrogen-bond acceptors (Lipinski definition) is 3. The van der Waals surface area contributed by atoms with Crippen LogP contribution in [0.1, 0.15) is 32.6 Å². The Morgan fingerprint density at radius 3 is 2.47 bits per heavy atom. The Morgan fingerprint density at radius 2 is 1.93 bits per heavy atom. The van der Waals surface area contributed by atoms with Gasteiger partial charge >= 0.3 is 0 Å². The van der Waals surface area contributed by atoms with Gasteiger partial charge in [-0.1, -0.05) is 12.8 Å². The molecule has 15 heavy (non-hydrogen) atoms. The van der Waals surface area contributed by atoms with Crippen molar-refractivity contribution in [2.24, 2.45) is 0 Å². The molecule has 5 nitrogen and oxygen atoms in total. The average molecular weight is 234 g/mol. The van der Waals surface area contributed by atoms with E-state index in [0.717, 1.165) is 25.7 Å². The largest absolute Gasteiger partial charge is 0.352 e. The van der Waals surface area contributed by atoms with E-state index < -0.39 is 10.0 Å². The second kappa shape index (κ2) is 5.46. The maximum atomic E-state index is 11.3. The molecule has 0 bridgehead atoms. The van der Waals surface area contributed by atoms with Crippen LogP contribution in [0.3, 0.4) is 0 Å². The Kier molecular flexibility index (Phi) is 4.53. The van der Waals surface area contributed by atoms with Gasteiger partial charge in [0.25, 0.3) is 0 Å². The summed E-state index contributed by atoms with van der Waals surface area (Å²) in [6, 6.07) is 0.239. The molecular weight excluding hydrogens is 216 g/mol. The molecule has 0 spiro atoms. The summed E-state index contributed by atoms with van der Waals surface area (Å²) in [5.41, 5.74) is 0. The minimum absolute atomic E-state index is 0.00368. The van der Waals surface area contributed by atoms with Gasteiger partial charge < -0.3 is 5.32 Å². The van der Waals surface area contributed by atoms with Crippen LogP contribution < -0.4 is 10.0 Å². The molecule has 0 atom stereocenters. The molecule has 0 aliphatic heterocycles. The molecule has 0 unspecified atom stereocenters. The number of carbonyl (C=O) groups is 1. The molecule has 2 N–H and O–H groups in total. The first kappa shape index (κ1) is 12.4. The molecule has 1 aliphatic rings. The molecule has 1 amide bonds. The smallest absolute Gasteiger partial charge is 0.235 e. The molecule has 1 saturated carbocycles. The number of rotatable bonds is 5. The molecule has 0 aromatic carbocycles. The number of carbonyl (C=O) groups excluding carboxylic acids is 1. The highest BCUT2D eigenvalue weighted by atomic mass is 32.2. The predicted molar refractivity (Wildman–Crippen MR) is 57.9 cm³/mol. The summed E-state index contributed by atoms with van der Waals surface area (Å²) < 4.78 is 24.3. The normalized spacial score (nSPS) is 17.9. The summed E-state index contributed by atoms with van der Waals surface area (Å²) in [6.07, 6.45) is 4.30. The maximum absolute atomic E-state index is 11.3. The zero-order valence-electron chi connectivity index (χ0n) is 8.95. The van der Waals surface area contributed by atoms with Crippen molar-refractivity contribution >= 4 is 15.9 Å². The highest BCUT2D eigenvalue weighted by molar-refractivity contribution is 7.89. The molecular formula is C9H18N2O3S. The summed E-state index contributed by atoms with van der Waals surface area (Å²) in [5, 5.41) is 2.81. The van der Waals surface area contributed by atoms with E-state index >= 15 is 0 Å². The van der Waals surface area contributed by atoms with Crippen LogP contribution in [0.2, 0.25) is 0 Å². The van der Waals surface area contributed by atoms with Gasteiger partial charge in [0.05, 0.1) is 12.3 Å². The molecule has 6 heteroatoms. The third kappa shape index (κ3) is 4.61. The van der Waals surface area contributed by atoms with Crippen LogP contribution in [0.5, 0.6) is 0 Å². The fourth-order valence-corrected chi connectivity index (χ4v) is 2.18. The topological polar surface area (TPSA) is 75.3 Å². The van der Waals surface area contributed by atoms with Gasteiger partial charge in [0.2, 0.25) is 15.9 Å². The van der Waals surface area contributed by atoms with E-state index in [4.69, 9.17) is 0 Å². The SMILES string of the molecule is CCS(=O)(=O)NCC(=O)NC1CCCC1. The van der Waals surface area contributed by atoms with E-state index in [1.165, 1.54) is 6.92 Å². The average Bonchev–Trinajstić information content (AvgIpc) is 2.68. The van der Waals surface area contributed by atoms with Crippen molar-refractivity contribution in [3.8, 4) is 0 Å². The molecule has 1 aliphatic carbocycles. The Labute approximate surface area is 90.7 Å². The van der Waals surface area contributed by atoms with E-state index in [-0.39, 0.29) is 24.2 Å². The van der Waals surface area contributed by atoms with E-state index in [1.54, 1.807) is 0 Å². The molecule has 0 aromatic rings. The third-order valence-electron chi connectivity index (χ3n) is 2.55. The highest BCUT2D eigenvalue weighted by Gasteiger charge is 2.17. The van der Waals surface area contributed by atoms with Crippen molar-refractivity contribution in [2.45, 2.75) is 38.6 Å². The predicted octanol–water partition coefficient (Wildman–Crippen LogP) is -0.0155. The van der Waals surface area contributed by atoms with Gasteiger partial charge in [-0.3, -0.25) is 4.79 Å². The first-order valence-electron chi connectivity index (χ1n) is 5.30. The van der Waals surface area contributed by atoms with Crippen molar-refractivity contribution in [1.29, 1.82) is 0 Å². The Morgan fingerprint density at radius 1 is 1.33 bits per heavy atom. The van der Waals surface area contributed by atoms with E-state index in [9.17, 15) is 13.2 Å². The summed E-state index contributed by atoms with van der Waals surface area (Å²) in [7, 11) is -3.26. The van der Waals surface area contributed by atoms with Gasteiger partial charge in [-0.05, 0) is 19.8 Å². The lowest BCUT2D eigenvalue weighted by molar-refractivity contribution is -0.120. The fourth-order valence-electron chi connectivity index (χ4n) is 1.63. The van der Waals surface area contributed by atoms with Gasteiger partial charge in [-0.2, -0.15) is 0 Å². The van der Waals surface area contributed by atoms with Gasteiger partial charge in [0, 0.05) is 6.04 Å². The summed E-state index contributed by atoms with van der Waals surface area (Å²) >= 11 is 0. The molecule has 0 heterocycles. The monoisotopic (exact) mass is 234 g/mol. The van der Waals surface area contributed by atoms with Crippen LogP contribution in [0, 0.1) is 0 Å². The summed E-state index contributed by atoms with van der Waals surface area (Å²) in [5.74, 6) is -0.233. The molecule has 0 saturated heterocycles. The zero-order valence-corrected chi connectivity index (χ0v) is 9.77. The first-order valence-corrected chi connectivity index (χ1v) is 6.95. The maximum Gasteiger partial charge on any atom is 0.235 e. The lowest BCUT2D eigenvalue weighted by Gasteiger charge is -2.11. The Bertz CT molecular complexity index is 307. The van der Waals surface area contributed by atoms with Crippen LogP contribution in [-0.4, -0.2) is 32.7 Å². The van der Waals surface area contributed by atoms with Crippen LogP contribution in [0.4, 0.5) is 0 Å². The van der Waals surface area contributed by atoms with E-state index in [1.807, 2.05) is 0 Å². The van der Waals surface area contributed by atoms with E-state index in [0.29, 0.717) is 0 Å². The summed E-state index contributed by atoms with van der Waals surface area (Å²) in [4.78, 5) is 11.3. The van der Waals surface area contributed by atoms with Crippen molar-refractivity contribution in [2.75, 3.05) is 12.3 Å². The van der Waals surface area contributed by atoms with Crippen LogP contribution in [-0.2, 0) is 14.8 Å². The van der Waals surface area contributed by atoms with Gasteiger partial charge in [0.15, 0.2) is 0 Å². The van der Waals surface area contributed by atoms with Crippen LogP contribution in [0.25, 0.3) is 0 Å². The Balaban J connectivity index is 2.24. The standard InChI is InChI=1S/C9H18N2O3S/c1-2-15(13,14)10-7-9(12)11-8-5-3-4-6-8/h8,10H,2-7H2,1H3,(H,11,12). The van der Waals surface area contributed by atoms with Crippen molar-refractivity contribution in [3.63, 3.8) is 0 Å². The van der Waals surface area contributed by atoms with Crippen LogP contribution in [0.15, 0.2) is 0 Å². The fraction of sp³-hybridized carbons (Fsp3) is 0.889. The molecule has 0 radical (unpaired) electrons. The van der Waals surface area contributed by atoms with Crippen molar-refractivity contribution in [3.05, 3.63) is 0 Å². The third-order valence-corrected chi connectivity index (χ3v) is 3.90. The molecule has 88 valence electrons. The summed E-state index contributed by atoms with van der Waals surface area (Å²) in [6.45, 7) is 1.39. The second-order valence-corrected chi connectivity index (χ2v) is 5.87. The number of nitrogens with one attached hydrogen (secondary N) is 2. The molecule has 0 aromatic heterocycles.